The minimum absolute atomic E-state index is 0.460. The summed E-state index contributed by atoms with van der Waals surface area (Å²) in [5, 5.41) is 9.05. The number of rotatable bonds is 6. The van der Waals surface area contributed by atoms with Crippen LogP contribution in [0.3, 0.4) is 0 Å². The van der Waals surface area contributed by atoms with E-state index in [1.54, 1.807) is 23.9 Å². The molecular weight excluding hydrogens is 224 g/mol. The Morgan fingerprint density at radius 2 is 2.06 bits per heavy atom. The van der Waals surface area contributed by atoms with Gasteiger partial charge in [0.15, 0.2) is 6.10 Å². The summed E-state index contributed by atoms with van der Waals surface area (Å²) < 4.78 is 5.31. The number of carboxylic acid groups (broad SMARTS) is 1. The fourth-order valence-corrected chi connectivity index (χ4v) is 1.73. The van der Waals surface area contributed by atoms with Crippen LogP contribution in [0, 0.1) is 0 Å². The minimum Gasteiger partial charge on any atom is -0.479 e. The third-order valence-corrected chi connectivity index (χ3v) is 2.88. The lowest BCUT2D eigenvalue weighted by Gasteiger charge is -2.13. The van der Waals surface area contributed by atoms with Crippen LogP contribution in [0.5, 0.6) is 0 Å². The summed E-state index contributed by atoms with van der Waals surface area (Å²) in [5.74, 6) is -0.939. The fraction of sp³-hybridized carbons (Fsp3) is 0.417. The van der Waals surface area contributed by atoms with E-state index in [0.717, 1.165) is 11.3 Å². The van der Waals surface area contributed by atoms with Crippen molar-refractivity contribution in [3.8, 4) is 0 Å². The zero-order valence-electron chi connectivity index (χ0n) is 9.47. The molecule has 4 heteroatoms. The average molecular weight is 240 g/mol. The molecule has 0 aliphatic heterocycles. The number of thioether (sulfide) groups is 1. The molecule has 1 aromatic carbocycles. The SMILES string of the molecule is CCCOC(C(=O)O)c1ccc(SC)cc1. The molecule has 0 aliphatic rings. The molecule has 0 fully saturated rings. The number of hydrogen-bond acceptors (Lipinski definition) is 3. The predicted molar refractivity (Wildman–Crippen MR) is 64.8 cm³/mol. The van der Waals surface area contributed by atoms with Crippen molar-refractivity contribution in [2.75, 3.05) is 12.9 Å². The van der Waals surface area contributed by atoms with E-state index in [0.29, 0.717) is 12.2 Å². The van der Waals surface area contributed by atoms with Gasteiger partial charge < -0.3 is 9.84 Å². The molecular formula is C12H16O3S. The molecule has 1 unspecified atom stereocenters. The van der Waals surface area contributed by atoms with Gasteiger partial charge in [0.2, 0.25) is 0 Å². The number of benzene rings is 1. The molecule has 0 bridgehead atoms. The van der Waals surface area contributed by atoms with Crippen LogP contribution in [-0.2, 0) is 9.53 Å². The molecule has 3 nitrogen and oxygen atoms in total. The van der Waals surface area contributed by atoms with E-state index >= 15 is 0 Å². The second kappa shape index (κ2) is 6.55. The summed E-state index contributed by atoms with van der Waals surface area (Å²) >= 11 is 1.63. The third-order valence-electron chi connectivity index (χ3n) is 2.13. The molecule has 0 spiro atoms. The Morgan fingerprint density at radius 1 is 1.44 bits per heavy atom. The van der Waals surface area contributed by atoms with Gasteiger partial charge in [0.1, 0.15) is 0 Å². The van der Waals surface area contributed by atoms with Crippen molar-refractivity contribution in [1.29, 1.82) is 0 Å². The van der Waals surface area contributed by atoms with E-state index in [1.165, 1.54) is 0 Å². The topological polar surface area (TPSA) is 46.5 Å². The lowest BCUT2D eigenvalue weighted by atomic mass is 10.1. The molecule has 1 atom stereocenters. The zero-order valence-corrected chi connectivity index (χ0v) is 10.3. The van der Waals surface area contributed by atoms with Crippen LogP contribution in [0.2, 0.25) is 0 Å². The van der Waals surface area contributed by atoms with E-state index in [9.17, 15) is 4.79 Å². The van der Waals surface area contributed by atoms with Gasteiger partial charge in [-0.1, -0.05) is 19.1 Å². The smallest absolute Gasteiger partial charge is 0.337 e. The van der Waals surface area contributed by atoms with Crippen molar-refractivity contribution >= 4 is 17.7 Å². The van der Waals surface area contributed by atoms with E-state index < -0.39 is 12.1 Å². The summed E-state index contributed by atoms with van der Waals surface area (Å²) in [6.07, 6.45) is 1.94. The second-order valence-electron chi connectivity index (χ2n) is 3.36. The third kappa shape index (κ3) is 3.54. The first-order valence-corrected chi connectivity index (χ1v) is 6.40. The minimum atomic E-state index is -0.939. The van der Waals surface area contributed by atoms with Gasteiger partial charge in [0.05, 0.1) is 0 Å². The van der Waals surface area contributed by atoms with Crippen molar-refractivity contribution in [3.05, 3.63) is 29.8 Å². The summed E-state index contributed by atoms with van der Waals surface area (Å²) in [7, 11) is 0. The number of ether oxygens (including phenoxy) is 1. The van der Waals surface area contributed by atoms with Crippen molar-refractivity contribution < 1.29 is 14.6 Å². The average Bonchev–Trinajstić information content (AvgIpc) is 2.30. The summed E-state index contributed by atoms with van der Waals surface area (Å²) in [5.41, 5.74) is 0.693. The van der Waals surface area contributed by atoms with E-state index in [2.05, 4.69) is 0 Å². The monoisotopic (exact) mass is 240 g/mol. The first-order valence-electron chi connectivity index (χ1n) is 5.17. The molecule has 1 aromatic rings. The highest BCUT2D eigenvalue weighted by Crippen LogP contribution is 2.21. The Bertz CT molecular complexity index is 335. The van der Waals surface area contributed by atoms with E-state index in [-0.39, 0.29) is 0 Å². The van der Waals surface area contributed by atoms with Gasteiger partial charge in [-0.2, -0.15) is 0 Å². The van der Waals surface area contributed by atoms with Gasteiger partial charge in [0, 0.05) is 11.5 Å². The Morgan fingerprint density at radius 3 is 2.50 bits per heavy atom. The van der Waals surface area contributed by atoms with Gasteiger partial charge in [-0.15, -0.1) is 11.8 Å². The van der Waals surface area contributed by atoms with Gasteiger partial charge in [-0.05, 0) is 30.4 Å². The van der Waals surface area contributed by atoms with Crippen molar-refractivity contribution in [3.63, 3.8) is 0 Å². The van der Waals surface area contributed by atoms with Crippen LogP contribution in [0.25, 0.3) is 0 Å². The van der Waals surface area contributed by atoms with E-state index in [1.807, 2.05) is 25.3 Å². The number of carbonyl (C=O) groups is 1. The maximum Gasteiger partial charge on any atom is 0.337 e. The summed E-state index contributed by atoms with van der Waals surface area (Å²) in [6.45, 7) is 2.41. The van der Waals surface area contributed by atoms with Crippen LogP contribution in [0.1, 0.15) is 25.0 Å². The number of aliphatic carboxylic acids is 1. The van der Waals surface area contributed by atoms with Crippen molar-refractivity contribution in [1.82, 2.24) is 0 Å². The Hall–Kier alpha value is -1.00. The summed E-state index contributed by atoms with van der Waals surface area (Å²) in [4.78, 5) is 12.1. The van der Waals surface area contributed by atoms with Crippen molar-refractivity contribution in [2.45, 2.75) is 24.3 Å². The van der Waals surface area contributed by atoms with E-state index in [4.69, 9.17) is 9.84 Å². The molecule has 0 amide bonds. The first-order chi connectivity index (χ1) is 7.69. The molecule has 0 aliphatic carbocycles. The van der Waals surface area contributed by atoms with Crippen LogP contribution < -0.4 is 0 Å². The van der Waals surface area contributed by atoms with Crippen LogP contribution in [0.4, 0.5) is 0 Å². The molecule has 0 aromatic heterocycles. The Balaban J connectivity index is 2.79. The zero-order chi connectivity index (χ0) is 12.0. The van der Waals surface area contributed by atoms with Crippen molar-refractivity contribution in [2.24, 2.45) is 0 Å². The molecule has 0 saturated heterocycles. The maximum atomic E-state index is 11.0. The van der Waals surface area contributed by atoms with Gasteiger partial charge in [0.25, 0.3) is 0 Å². The number of hydrogen-bond donors (Lipinski definition) is 1. The lowest BCUT2D eigenvalue weighted by Crippen LogP contribution is -2.15. The second-order valence-corrected chi connectivity index (χ2v) is 4.24. The standard InChI is InChI=1S/C12H16O3S/c1-3-8-15-11(12(13)14)9-4-6-10(16-2)7-5-9/h4-7,11H,3,8H2,1-2H3,(H,13,14). The molecule has 0 heterocycles. The fourth-order valence-electron chi connectivity index (χ4n) is 1.32. The van der Waals surface area contributed by atoms with Gasteiger partial charge >= 0.3 is 5.97 Å². The lowest BCUT2D eigenvalue weighted by molar-refractivity contribution is -0.150. The molecule has 16 heavy (non-hydrogen) atoms. The molecule has 1 N–H and O–H groups in total. The predicted octanol–water partition coefficient (Wildman–Crippen LogP) is 2.96. The maximum absolute atomic E-state index is 11.0. The Kier molecular flexibility index (Phi) is 5.35. The largest absolute Gasteiger partial charge is 0.479 e. The highest BCUT2D eigenvalue weighted by molar-refractivity contribution is 7.98. The van der Waals surface area contributed by atoms with Crippen LogP contribution in [0.15, 0.2) is 29.2 Å². The van der Waals surface area contributed by atoms with Gasteiger partial charge in [-0.25, -0.2) is 4.79 Å². The normalized spacial score (nSPS) is 12.4. The quantitative estimate of drug-likeness (QED) is 0.776. The molecule has 88 valence electrons. The highest BCUT2D eigenvalue weighted by atomic mass is 32.2. The van der Waals surface area contributed by atoms with Crippen LogP contribution in [-0.4, -0.2) is 23.9 Å². The molecule has 1 rings (SSSR count). The highest BCUT2D eigenvalue weighted by Gasteiger charge is 2.19. The summed E-state index contributed by atoms with van der Waals surface area (Å²) in [6, 6.07) is 7.43. The first kappa shape index (κ1) is 13.1. The molecule has 0 saturated carbocycles. The van der Waals surface area contributed by atoms with Gasteiger partial charge in [-0.3, -0.25) is 0 Å². The Labute approximate surface area is 99.8 Å². The van der Waals surface area contributed by atoms with Crippen LogP contribution >= 0.6 is 11.8 Å². The molecule has 0 radical (unpaired) electrons. The number of carboxylic acids is 1.